The van der Waals surface area contributed by atoms with E-state index in [0.717, 1.165) is 4.90 Å². The van der Waals surface area contributed by atoms with Crippen molar-refractivity contribution in [1.82, 2.24) is 0 Å². The van der Waals surface area contributed by atoms with Crippen molar-refractivity contribution in [2.75, 3.05) is 29.6 Å². The first kappa shape index (κ1) is 25.1. The molecule has 3 amide bonds. The number of carbonyl (C=O) groups excluding carboxylic acids is 4. The maximum Gasteiger partial charge on any atom is 0.338 e. The second-order valence-corrected chi connectivity index (χ2v) is 7.99. The molecule has 9 nitrogen and oxygen atoms in total. The van der Waals surface area contributed by atoms with Gasteiger partial charge in [0.2, 0.25) is 0 Å². The first-order valence-electron chi connectivity index (χ1n) is 11.6. The Balaban J connectivity index is 1.40. The number of imide groups is 1. The van der Waals surface area contributed by atoms with E-state index in [2.05, 4.69) is 0 Å². The quantitative estimate of drug-likeness (QED) is 0.324. The molecule has 0 radical (unpaired) electrons. The molecule has 0 aromatic heterocycles. The van der Waals surface area contributed by atoms with Crippen LogP contribution in [0, 0.1) is 11.3 Å². The number of anilines is 2. The molecule has 3 aromatic carbocycles. The predicted octanol–water partition coefficient (Wildman–Crippen LogP) is 3.99. The van der Waals surface area contributed by atoms with Gasteiger partial charge in [-0.05, 0) is 67.6 Å². The summed E-state index contributed by atoms with van der Waals surface area (Å²) < 4.78 is 10.6. The third-order valence-corrected chi connectivity index (χ3v) is 5.69. The highest BCUT2D eigenvalue weighted by atomic mass is 16.5. The van der Waals surface area contributed by atoms with Crippen LogP contribution in [0.15, 0.2) is 72.8 Å². The lowest BCUT2D eigenvalue weighted by molar-refractivity contribution is -0.121. The number of hydrogen-bond acceptors (Lipinski definition) is 7. The van der Waals surface area contributed by atoms with Crippen LogP contribution in [0.1, 0.15) is 44.4 Å². The molecule has 0 atom stereocenters. The van der Waals surface area contributed by atoms with Crippen LogP contribution in [-0.2, 0) is 9.53 Å². The molecule has 0 N–H and O–H groups in total. The minimum Gasteiger partial charge on any atom is -0.494 e. The van der Waals surface area contributed by atoms with E-state index in [1.165, 1.54) is 29.2 Å². The molecular weight excluding hydrogens is 474 g/mol. The summed E-state index contributed by atoms with van der Waals surface area (Å²) in [4.78, 5) is 53.1. The van der Waals surface area contributed by atoms with Gasteiger partial charge in [-0.3, -0.25) is 14.4 Å². The monoisotopic (exact) mass is 497 g/mol. The van der Waals surface area contributed by atoms with Crippen molar-refractivity contribution in [2.45, 2.75) is 13.3 Å². The van der Waals surface area contributed by atoms with E-state index in [-0.39, 0.29) is 18.5 Å². The second-order valence-electron chi connectivity index (χ2n) is 7.99. The molecular formula is C28H23N3O6. The smallest absolute Gasteiger partial charge is 0.338 e. The molecule has 186 valence electrons. The fourth-order valence-corrected chi connectivity index (χ4v) is 3.91. The van der Waals surface area contributed by atoms with E-state index in [1.54, 1.807) is 48.5 Å². The van der Waals surface area contributed by atoms with Crippen molar-refractivity contribution in [2.24, 2.45) is 0 Å². The van der Waals surface area contributed by atoms with E-state index in [4.69, 9.17) is 14.7 Å². The van der Waals surface area contributed by atoms with Gasteiger partial charge in [-0.1, -0.05) is 12.1 Å². The zero-order valence-corrected chi connectivity index (χ0v) is 20.0. The summed E-state index contributed by atoms with van der Waals surface area (Å²) in [5, 5.41) is 8.97. The van der Waals surface area contributed by atoms with Crippen molar-refractivity contribution < 1.29 is 28.7 Å². The molecule has 0 saturated carbocycles. The average molecular weight is 498 g/mol. The number of fused-ring (bicyclic) bond motifs is 1. The van der Waals surface area contributed by atoms with E-state index in [1.807, 2.05) is 13.0 Å². The van der Waals surface area contributed by atoms with Crippen LogP contribution in [0.2, 0.25) is 0 Å². The van der Waals surface area contributed by atoms with Crippen molar-refractivity contribution in [3.63, 3.8) is 0 Å². The number of carbonyl (C=O) groups is 4. The maximum absolute atomic E-state index is 12.8. The van der Waals surface area contributed by atoms with Crippen LogP contribution in [0.25, 0.3) is 0 Å². The number of amides is 3. The Morgan fingerprint density at radius 1 is 0.919 bits per heavy atom. The lowest BCUT2D eigenvalue weighted by Gasteiger charge is -2.22. The van der Waals surface area contributed by atoms with Crippen molar-refractivity contribution in [1.29, 1.82) is 5.26 Å². The van der Waals surface area contributed by atoms with E-state index in [9.17, 15) is 19.2 Å². The van der Waals surface area contributed by atoms with Gasteiger partial charge in [0, 0.05) is 12.2 Å². The van der Waals surface area contributed by atoms with Crippen molar-refractivity contribution >= 4 is 35.1 Å². The van der Waals surface area contributed by atoms with Gasteiger partial charge in [-0.25, -0.2) is 9.69 Å². The maximum atomic E-state index is 12.8. The van der Waals surface area contributed by atoms with E-state index < -0.39 is 30.3 Å². The lowest BCUT2D eigenvalue weighted by Crippen LogP contribution is -2.35. The lowest BCUT2D eigenvalue weighted by atomic mass is 10.1. The molecule has 0 bridgehead atoms. The molecule has 0 unspecified atom stereocenters. The number of ether oxygens (including phenoxy) is 2. The third-order valence-electron chi connectivity index (χ3n) is 5.69. The molecule has 3 aromatic rings. The van der Waals surface area contributed by atoms with Crippen LogP contribution < -0.4 is 14.5 Å². The van der Waals surface area contributed by atoms with Crippen molar-refractivity contribution in [3.05, 3.63) is 89.5 Å². The van der Waals surface area contributed by atoms with Gasteiger partial charge in [0.1, 0.15) is 5.75 Å². The van der Waals surface area contributed by atoms with Gasteiger partial charge < -0.3 is 14.4 Å². The second kappa shape index (κ2) is 11.2. The Morgan fingerprint density at radius 2 is 1.54 bits per heavy atom. The first-order valence-corrected chi connectivity index (χ1v) is 11.6. The number of nitriles is 1. The van der Waals surface area contributed by atoms with Gasteiger partial charge in [0.05, 0.1) is 41.5 Å². The Hall–Kier alpha value is -4.97. The summed E-state index contributed by atoms with van der Waals surface area (Å²) in [5.41, 5.74) is 1.66. The van der Waals surface area contributed by atoms with E-state index >= 15 is 0 Å². The van der Waals surface area contributed by atoms with Crippen LogP contribution >= 0.6 is 0 Å². The zero-order valence-electron chi connectivity index (χ0n) is 20.0. The van der Waals surface area contributed by atoms with Gasteiger partial charge in [0.25, 0.3) is 17.7 Å². The molecule has 0 spiro atoms. The third kappa shape index (κ3) is 5.33. The molecule has 1 aliphatic heterocycles. The molecule has 0 fully saturated rings. The molecule has 0 aliphatic carbocycles. The van der Waals surface area contributed by atoms with Gasteiger partial charge in [-0.15, -0.1) is 0 Å². The Kier molecular flexibility index (Phi) is 7.59. The first-order chi connectivity index (χ1) is 17.9. The predicted molar refractivity (Wildman–Crippen MR) is 135 cm³/mol. The van der Waals surface area contributed by atoms with Crippen LogP contribution in [0.5, 0.6) is 5.75 Å². The summed E-state index contributed by atoms with van der Waals surface area (Å²) in [5.74, 6) is -1.46. The van der Waals surface area contributed by atoms with Crippen molar-refractivity contribution in [3.8, 4) is 11.8 Å². The van der Waals surface area contributed by atoms with Gasteiger partial charge in [-0.2, -0.15) is 5.26 Å². The van der Waals surface area contributed by atoms with Gasteiger partial charge >= 0.3 is 5.97 Å². The molecule has 9 heteroatoms. The summed E-state index contributed by atoms with van der Waals surface area (Å²) in [6, 6.07) is 21.2. The van der Waals surface area contributed by atoms with Gasteiger partial charge in [0.15, 0.2) is 6.61 Å². The number of benzene rings is 3. The summed E-state index contributed by atoms with van der Waals surface area (Å²) in [7, 11) is 0. The fraction of sp³-hybridized carbons (Fsp3) is 0.179. The highest BCUT2D eigenvalue weighted by Gasteiger charge is 2.36. The van der Waals surface area contributed by atoms with E-state index in [0.29, 0.717) is 34.9 Å². The number of rotatable bonds is 9. The Labute approximate surface area is 213 Å². The zero-order chi connectivity index (χ0) is 26.4. The van der Waals surface area contributed by atoms with Crippen LogP contribution in [0.3, 0.4) is 0 Å². The summed E-state index contributed by atoms with van der Waals surface area (Å²) in [6.07, 6.45) is 0.103. The Morgan fingerprint density at radius 3 is 2.11 bits per heavy atom. The summed E-state index contributed by atoms with van der Waals surface area (Å²) in [6.45, 7) is 1.97. The SMILES string of the molecule is CCOc1ccc(N(CCC#N)C(=O)COC(=O)c2ccc(N3C(=O)c4ccccc4C3=O)cc2)cc1. The molecule has 4 rings (SSSR count). The van der Waals surface area contributed by atoms with Crippen LogP contribution in [0.4, 0.5) is 11.4 Å². The minimum absolute atomic E-state index is 0.103. The minimum atomic E-state index is -0.741. The number of hydrogen-bond donors (Lipinski definition) is 0. The molecule has 0 saturated heterocycles. The number of esters is 1. The normalized spacial score (nSPS) is 12.1. The highest BCUT2D eigenvalue weighted by molar-refractivity contribution is 6.34. The standard InChI is InChI=1S/C28H23N3O6/c1-2-36-22-14-12-20(13-15-22)30(17-5-16-29)25(32)18-37-28(35)19-8-10-21(11-9-19)31-26(33)23-6-3-4-7-24(23)27(31)34/h3-4,6-15H,2,5,17-18H2,1H3. The van der Waals surface area contributed by atoms with Crippen LogP contribution in [-0.4, -0.2) is 43.4 Å². The largest absolute Gasteiger partial charge is 0.494 e. The molecule has 1 aliphatic rings. The highest BCUT2D eigenvalue weighted by Crippen LogP contribution is 2.28. The average Bonchev–Trinajstić information content (AvgIpc) is 3.18. The Bertz CT molecular complexity index is 1340. The number of nitrogens with zero attached hydrogens (tertiary/aromatic N) is 3. The topological polar surface area (TPSA) is 117 Å². The molecule has 37 heavy (non-hydrogen) atoms. The fourth-order valence-electron chi connectivity index (χ4n) is 3.91. The summed E-state index contributed by atoms with van der Waals surface area (Å²) >= 11 is 0. The molecule has 1 heterocycles.